The molecule has 0 aliphatic heterocycles. The molecule has 0 saturated heterocycles. The molecule has 25 heavy (non-hydrogen) atoms. The van der Waals surface area contributed by atoms with E-state index in [0.29, 0.717) is 6.54 Å². The Bertz CT molecular complexity index is 733. The van der Waals surface area contributed by atoms with Crippen molar-refractivity contribution >= 4 is 27.5 Å². The van der Waals surface area contributed by atoms with Crippen molar-refractivity contribution in [2.45, 2.75) is 39.7 Å². The quantitative estimate of drug-likeness (QED) is 0.751. The van der Waals surface area contributed by atoms with Gasteiger partial charge in [-0.25, -0.2) is 0 Å². The van der Waals surface area contributed by atoms with E-state index < -0.39 is 0 Å². The lowest BCUT2D eigenvalue weighted by Gasteiger charge is -2.20. The van der Waals surface area contributed by atoms with Gasteiger partial charge in [-0.3, -0.25) is 9.69 Å². The van der Waals surface area contributed by atoms with Crippen LogP contribution in [0.5, 0.6) is 0 Å². The maximum Gasteiger partial charge on any atom is 0.238 e. The topological polar surface area (TPSA) is 32.3 Å². The number of nitrogens with zero attached hydrogens (tertiary/aromatic N) is 1. The zero-order chi connectivity index (χ0) is 18.6. The summed E-state index contributed by atoms with van der Waals surface area (Å²) in [6.07, 6.45) is 0. The Labute approximate surface area is 159 Å². The Balaban J connectivity index is 1.91. The number of anilines is 1. The first-order chi connectivity index (χ1) is 11.6. The standard InChI is InChI=1S/C21H27BrN2O/c1-15-6-11-19(18(22)12-15)23-20(25)14-24(5)13-16-7-9-17(10-8-16)21(2,3)4/h6-12H,13-14H2,1-5H3,(H,23,25). The maximum absolute atomic E-state index is 12.3. The summed E-state index contributed by atoms with van der Waals surface area (Å²) in [5.41, 5.74) is 4.64. The molecular formula is C21H27BrN2O. The molecule has 0 aromatic heterocycles. The van der Waals surface area contributed by atoms with Gasteiger partial charge < -0.3 is 5.32 Å². The molecule has 0 heterocycles. The molecular weight excluding hydrogens is 376 g/mol. The van der Waals surface area contributed by atoms with Crippen molar-refractivity contribution in [2.24, 2.45) is 0 Å². The first-order valence-electron chi connectivity index (χ1n) is 8.49. The van der Waals surface area contributed by atoms with Crippen molar-refractivity contribution < 1.29 is 4.79 Å². The molecule has 0 fully saturated rings. The molecule has 3 nitrogen and oxygen atoms in total. The molecule has 0 atom stereocenters. The summed E-state index contributed by atoms with van der Waals surface area (Å²) in [7, 11) is 1.96. The smallest absolute Gasteiger partial charge is 0.238 e. The van der Waals surface area contributed by atoms with E-state index >= 15 is 0 Å². The maximum atomic E-state index is 12.3. The van der Waals surface area contributed by atoms with Gasteiger partial charge in [0, 0.05) is 11.0 Å². The van der Waals surface area contributed by atoms with Crippen molar-refractivity contribution in [1.82, 2.24) is 4.90 Å². The normalized spacial score (nSPS) is 11.6. The van der Waals surface area contributed by atoms with Crippen LogP contribution in [0.25, 0.3) is 0 Å². The minimum absolute atomic E-state index is 0.0154. The highest BCUT2D eigenvalue weighted by Crippen LogP contribution is 2.24. The molecule has 1 amide bonds. The fraction of sp³-hybridized carbons (Fsp3) is 0.381. The number of carbonyl (C=O) groups is 1. The minimum atomic E-state index is -0.0154. The number of halogens is 1. The summed E-state index contributed by atoms with van der Waals surface area (Å²) in [6.45, 7) is 9.74. The number of benzene rings is 2. The summed E-state index contributed by atoms with van der Waals surface area (Å²) in [5.74, 6) is -0.0154. The lowest BCUT2D eigenvalue weighted by atomic mass is 9.87. The first kappa shape index (κ1) is 19.7. The molecule has 2 rings (SSSR count). The average molecular weight is 403 g/mol. The fourth-order valence-corrected chi connectivity index (χ4v) is 3.23. The Hall–Kier alpha value is -1.65. The molecule has 0 aliphatic carbocycles. The highest BCUT2D eigenvalue weighted by atomic mass is 79.9. The van der Waals surface area contributed by atoms with Crippen LogP contribution in [0.1, 0.15) is 37.5 Å². The van der Waals surface area contributed by atoms with Crippen molar-refractivity contribution in [1.29, 1.82) is 0 Å². The third kappa shape index (κ3) is 5.98. The van der Waals surface area contributed by atoms with E-state index in [2.05, 4.69) is 66.3 Å². The largest absolute Gasteiger partial charge is 0.324 e. The van der Waals surface area contributed by atoms with Crippen LogP contribution in [0.3, 0.4) is 0 Å². The highest BCUT2D eigenvalue weighted by molar-refractivity contribution is 9.10. The number of amides is 1. The zero-order valence-corrected chi connectivity index (χ0v) is 17.3. The van der Waals surface area contributed by atoms with Gasteiger partial charge in [-0.05, 0) is 64.1 Å². The number of aryl methyl sites for hydroxylation is 1. The van der Waals surface area contributed by atoms with Gasteiger partial charge in [-0.2, -0.15) is 0 Å². The second kappa shape index (κ2) is 8.15. The lowest BCUT2D eigenvalue weighted by Crippen LogP contribution is -2.30. The van der Waals surface area contributed by atoms with Crippen LogP contribution in [0.15, 0.2) is 46.9 Å². The van der Waals surface area contributed by atoms with Crippen LogP contribution in [-0.4, -0.2) is 24.4 Å². The van der Waals surface area contributed by atoms with E-state index in [9.17, 15) is 4.79 Å². The summed E-state index contributed by atoms with van der Waals surface area (Å²) in [4.78, 5) is 14.3. The number of hydrogen-bond donors (Lipinski definition) is 1. The van der Waals surface area contributed by atoms with Gasteiger partial charge in [0.05, 0.1) is 12.2 Å². The molecule has 0 saturated carbocycles. The highest BCUT2D eigenvalue weighted by Gasteiger charge is 2.14. The minimum Gasteiger partial charge on any atom is -0.324 e. The SMILES string of the molecule is Cc1ccc(NC(=O)CN(C)Cc2ccc(C(C)(C)C)cc2)c(Br)c1. The second-order valence-electron chi connectivity index (χ2n) is 7.65. The molecule has 4 heteroatoms. The zero-order valence-electron chi connectivity index (χ0n) is 15.7. The predicted octanol–water partition coefficient (Wildman–Crippen LogP) is 5.13. The molecule has 0 unspecified atom stereocenters. The van der Waals surface area contributed by atoms with E-state index in [1.807, 2.05) is 37.1 Å². The van der Waals surface area contributed by atoms with E-state index in [4.69, 9.17) is 0 Å². The second-order valence-corrected chi connectivity index (χ2v) is 8.51. The molecule has 2 aromatic carbocycles. The van der Waals surface area contributed by atoms with Gasteiger partial charge >= 0.3 is 0 Å². The number of hydrogen-bond acceptors (Lipinski definition) is 2. The van der Waals surface area contributed by atoms with Gasteiger partial charge in [-0.15, -0.1) is 0 Å². The molecule has 0 spiro atoms. The van der Waals surface area contributed by atoms with Crippen molar-refractivity contribution in [3.63, 3.8) is 0 Å². The van der Waals surface area contributed by atoms with Crippen molar-refractivity contribution in [2.75, 3.05) is 18.9 Å². The van der Waals surface area contributed by atoms with Crippen LogP contribution in [0, 0.1) is 6.92 Å². The summed E-state index contributed by atoms with van der Waals surface area (Å²) in [5, 5.41) is 2.96. The van der Waals surface area contributed by atoms with Crippen LogP contribution in [0.4, 0.5) is 5.69 Å². The van der Waals surface area contributed by atoms with Crippen LogP contribution in [-0.2, 0) is 16.8 Å². The average Bonchev–Trinajstić information content (AvgIpc) is 2.49. The van der Waals surface area contributed by atoms with Gasteiger partial charge in [0.25, 0.3) is 0 Å². The monoisotopic (exact) mass is 402 g/mol. The first-order valence-corrected chi connectivity index (χ1v) is 9.28. The Morgan fingerprint density at radius 1 is 1.12 bits per heavy atom. The molecule has 134 valence electrons. The van der Waals surface area contributed by atoms with E-state index in [1.165, 1.54) is 11.1 Å². The van der Waals surface area contributed by atoms with E-state index in [-0.39, 0.29) is 11.3 Å². The number of likely N-dealkylation sites (N-methyl/N-ethyl adjacent to an activating group) is 1. The Morgan fingerprint density at radius 3 is 2.32 bits per heavy atom. The third-order valence-electron chi connectivity index (χ3n) is 4.08. The van der Waals surface area contributed by atoms with E-state index in [0.717, 1.165) is 22.3 Å². The molecule has 2 aromatic rings. The molecule has 0 radical (unpaired) electrons. The Kier molecular flexibility index (Phi) is 6.42. The predicted molar refractivity (Wildman–Crippen MR) is 109 cm³/mol. The van der Waals surface area contributed by atoms with Crippen molar-refractivity contribution in [3.05, 3.63) is 63.6 Å². The number of rotatable bonds is 5. The molecule has 0 aliphatic rings. The van der Waals surface area contributed by atoms with Gasteiger partial charge in [0.1, 0.15) is 0 Å². The van der Waals surface area contributed by atoms with Crippen LogP contribution in [0.2, 0.25) is 0 Å². The summed E-state index contributed by atoms with van der Waals surface area (Å²) < 4.78 is 0.904. The van der Waals surface area contributed by atoms with Crippen LogP contribution >= 0.6 is 15.9 Å². The van der Waals surface area contributed by atoms with Gasteiger partial charge in [-0.1, -0.05) is 51.1 Å². The fourth-order valence-electron chi connectivity index (χ4n) is 2.63. The van der Waals surface area contributed by atoms with Gasteiger partial charge in [0.2, 0.25) is 5.91 Å². The summed E-state index contributed by atoms with van der Waals surface area (Å²) in [6, 6.07) is 14.5. The van der Waals surface area contributed by atoms with Crippen LogP contribution < -0.4 is 5.32 Å². The number of carbonyl (C=O) groups excluding carboxylic acids is 1. The third-order valence-corrected chi connectivity index (χ3v) is 4.74. The molecule has 0 bridgehead atoms. The van der Waals surface area contributed by atoms with Crippen molar-refractivity contribution in [3.8, 4) is 0 Å². The molecule has 1 N–H and O–H groups in total. The van der Waals surface area contributed by atoms with E-state index in [1.54, 1.807) is 0 Å². The Morgan fingerprint density at radius 2 is 1.76 bits per heavy atom. The lowest BCUT2D eigenvalue weighted by molar-refractivity contribution is -0.117. The van der Waals surface area contributed by atoms with Gasteiger partial charge in [0.15, 0.2) is 0 Å². The number of nitrogens with one attached hydrogen (secondary N) is 1. The summed E-state index contributed by atoms with van der Waals surface area (Å²) >= 11 is 3.49.